The number of benzene rings is 1. The molecule has 9 heteroatoms. The third-order valence-electron chi connectivity index (χ3n) is 4.11. The van der Waals surface area contributed by atoms with Crippen LogP contribution in [0.2, 0.25) is 0 Å². The lowest BCUT2D eigenvalue weighted by molar-refractivity contribution is 0.0929. The van der Waals surface area contributed by atoms with E-state index in [1.807, 2.05) is 30.3 Å². The van der Waals surface area contributed by atoms with Crippen molar-refractivity contribution in [3.05, 3.63) is 65.7 Å². The van der Waals surface area contributed by atoms with Crippen molar-refractivity contribution in [2.45, 2.75) is 26.5 Å². The summed E-state index contributed by atoms with van der Waals surface area (Å²) < 4.78 is 11.0. The molecule has 2 N–H and O–H groups in total. The van der Waals surface area contributed by atoms with Crippen molar-refractivity contribution in [2.75, 3.05) is 0 Å². The highest BCUT2D eigenvalue weighted by molar-refractivity contribution is 5.92. The number of nitrogens with one attached hydrogen (secondary N) is 2. The van der Waals surface area contributed by atoms with Gasteiger partial charge in [-0.2, -0.15) is 5.10 Å². The predicted octanol–water partition coefficient (Wildman–Crippen LogP) is 2.72. The zero-order valence-electron chi connectivity index (χ0n) is 15.3. The Kier molecular flexibility index (Phi) is 4.71. The van der Waals surface area contributed by atoms with Crippen molar-refractivity contribution < 1.29 is 14.1 Å². The molecule has 142 valence electrons. The molecule has 1 amide bonds. The van der Waals surface area contributed by atoms with Gasteiger partial charge in [0.05, 0.1) is 6.04 Å². The maximum absolute atomic E-state index is 12.3. The van der Waals surface area contributed by atoms with Gasteiger partial charge in [0.25, 0.3) is 5.91 Å². The van der Waals surface area contributed by atoms with Crippen molar-refractivity contribution in [1.82, 2.24) is 30.6 Å². The summed E-state index contributed by atoms with van der Waals surface area (Å²) in [5.74, 6) is 1.87. The van der Waals surface area contributed by atoms with Crippen LogP contribution in [-0.2, 0) is 6.61 Å². The van der Waals surface area contributed by atoms with Gasteiger partial charge in [0.2, 0.25) is 0 Å². The van der Waals surface area contributed by atoms with E-state index in [1.165, 1.54) is 0 Å². The van der Waals surface area contributed by atoms with Gasteiger partial charge in [0, 0.05) is 17.6 Å². The average Bonchev–Trinajstić information content (AvgIpc) is 3.35. The van der Waals surface area contributed by atoms with E-state index < -0.39 is 0 Å². The number of carbonyl (C=O) groups excluding carboxylic acids is 1. The minimum atomic E-state index is -0.378. The van der Waals surface area contributed by atoms with E-state index >= 15 is 0 Å². The molecule has 0 unspecified atom stereocenters. The molecule has 0 aliphatic heterocycles. The Bertz CT molecular complexity index is 1110. The summed E-state index contributed by atoms with van der Waals surface area (Å²) in [6, 6.07) is 10.7. The normalized spacial score (nSPS) is 12.1. The molecule has 0 fully saturated rings. The van der Waals surface area contributed by atoms with Gasteiger partial charge in [-0.1, -0.05) is 23.4 Å². The van der Waals surface area contributed by atoms with Gasteiger partial charge in [0.1, 0.15) is 23.7 Å². The third-order valence-corrected chi connectivity index (χ3v) is 4.11. The molecule has 9 nitrogen and oxygen atoms in total. The summed E-state index contributed by atoms with van der Waals surface area (Å²) in [5.41, 5.74) is 0.923. The minimum Gasteiger partial charge on any atom is -0.483 e. The number of fused-ring (bicyclic) bond motifs is 1. The van der Waals surface area contributed by atoms with Gasteiger partial charge in [-0.15, -0.1) is 0 Å². The Labute approximate surface area is 160 Å². The topological polar surface area (TPSA) is 119 Å². The number of pyridine rings is 1. The Morgan fingerprint density at radius 1 is 1.32 bits per heavy atom. The summed E-state index contributed by atoms with van der Waals surface area (Å²) >= 11 is 0. The molecule has 3 heterocycles. The third kappa shape index (κ3) is 3.68. The molecular formula is C19H18N6O3. The van der Waals surface area contributed by atoms with E-state index in [4.69, 9.17) is 9.26 Å². The zero-order chi connectivity index (χ0) is 19.5. The fourth-order valence-corrected chi connectivity index (χ4v) is 2.72. The molecule has 4 aromatic rings. The lowest BCUT2D eigenvalue weighted by Gasteiger charge is -2.08. The van der Waals surface area contributed by atoms with Crippen LogP contribution in [0.3, 0.4) is 0 Å². The van der Waals surface area contributed by atoms with E-state index in [0.717, 1.165) is 10.9 Å². The number of carbonyl (C=O) groups is 1. The van der Waals surface area contributed by atoms with Gasteiger partial charge in [0.15, 0.2) is 17.3 Å². The highest BCUT2D eigenvalue weighted by atomic mass is 16.5. The first-order chi connectivity index (χ1) is 13.6. The number of aromatic nitrogens is 5. The number of aryl methyl sites for hydroxylation is 1. The molecule has 0 spiro atoms. The van der Waals surface area contributed by atoms with Crippen molar-refractivity contribution in [3.8, 4) is 5.75 Å². The van der Waals surface area contributed by atoms with Crippen LogP contribution in [0.15, 0.2) is 47.1 Å². The number of amides is 1. The number of hydrogen-bond acceptors (Lipinski definition) is 7. The molecule has 28 heavy (non-hydrogen) atoms. The van der Waals surface area contributed by atoms with Crippen molar-refractivity contribution in [2.24, 2.45) is 0 Å². The van der Waals surface area contributed by atoms with Gasteiger partial charge in [-0.25, -0.2) is 4.98 Å². The minimum absolute atomic E-state index is 0.131. The van der Waals surface area contributed by atoms with Gasteiger partial charge in [-0.05, 0) is 26.0 Å². The molecule has 0 aliphatic rings. The zero-order valence-corrected chi connectivity index (χ0v) is 15.3. The summed E-state index contributed by atoms with van der Waals surface area (Å²) in [5, 5.41) is 14.3. The summed E-state index contributed by atoms with van der Waals surface area (Å²) in [7, 11) is 0. The molecular weight excluding hydrogens is 360 g/mol. The molecule has 4 rings (SSSR count). The quantitative estimate of drug-likeness (QED) is 0.529. The summed E-state index contributed by atoms with van der Waals surface area (Å²) in [4.78, 5) is 20.9. The van der Waals surface area contributed by atoms with Crippen LogP contribution in [0, 0.1) is 6.92 Å². The molecule has 0 bridgehead atoms. The van der Waals surface area contributed by atoms with Crippen LogP contribution in [0.5, 0.6) is 5.75 Å². The number of ether oxygens (including phenoxy) is 1. The molecule has 0 saturated carbocycles. The van der Waals surface area contributed by atoms with Crippen LogP contribution in [0.4, 0.5) is 0 Å². The van der Waals surface area contributed by atoms with Crippen LogP contribution in [0.25, 0.3) is 10.9 Å². The second-order valence-corrected chi connectivity index (χ2v) is 6.27. The summed E-state index contributed by atoms with van der Waals surface area (Å²) in [6.45, 7) is 3.71. The first kappa shape index (κ1) is 17.7. The van der Waals surface area contributed by atoms with Crippen molar-refractivity contribution in [1.29, 1.82) is 0 Å². The van der Waals surface area contributed by atoms with E-state index in [2.05, 4.69) is 30.6 Å². The van der Waals surface area contributed by atoms with Crippen LogP contribution in [-0.4, -0.2) is 31.2 Å². The molecule has 1 atom stereocenters. The van der Waals surface area contributed by atoms with E-state index in [9.17, 15) is 4.79 Å². The number of aromatic amines is 1. The number of hydrogen-bond donors (Lipinski definition) is 2. The number of para-hydroxylation sites is 1. The monoisotopic (exact) mass is 378 g/mol. The maximum atomic E-state index is 12.3. The first-order valence-electron chi connectivity index (χ1n) is 8.72. The van der Waals surface area contributed by atoms with Gasteiger partial charge >= 0.3 is 0 Å². The Hall–Kier alpha value is -3.75. The standard InChI is InChI=1S/C19H18N6O3/c1-11(18-22-12(2)23-24-18)21-19(26)15-9-14(28-25-15)10-27-16-7-3-5-13-6-4-8-20-17(13)16/h3-9,11H,10H2,1-2H3,(H,21,26)(H,22,23,24)/t11-/m0/s1. The molecule has 0 aliphatic carbocycles. The highest BCUT2D eigenvalue weighted by Gasteiger charge is 2.18. The van der Waals surface area contributed by atoms with Crippen molar-refractivity contribution in [3.63, 3.8) is 0 Å². The van der Waals surface area contributed by atoms with E-state index in [1.54, 1.807) is 26.1 Å². The second kappa shape index (κ2) is 7.47. The highest BCUT2D eigenvalue weighted by Crippen LogP contribution is 2.24. The Morgan fingerprint density at radius 2 is 2.18 bits per heavy atom. The molecule has 3 aromatic heterocycles. The van der Waals surface area contributed by atoms with E-state index in [-0.39, 0.29) is 24.2 Å². The number of H-pyrrole nitrogens is 1. The number of nitrogens with zero attached hydrogens (tertiary/aromatic N) is 4. The smallest absolute Gasteiger partial charge is 0.274 e. The first-order valence-corrected chi connectivity index (χ1v) is 8.72. The lowest BCUT2D eigenvalue weighted by Crippen LogP contribution is -2.27. The van der Waals surface area contributed by atoms with Crippen LogP contribution >= 0.6 is 0 Å². The summed E-state index contributed by atoms with van der Waals surface area (Å²) in [6.07, 6.45) is 1.71. The molecule has 0 radical (unpaired) electrons. The molecule has 1 aromatic carbocycles. The fraction of sp³-hybridized carbons (Fsp3) is 0.211. The van der Waals surface area contributed by atoms with Crippen LogP contribution in [0.1, 0.15) is 40.9 Å². The largest absolute Gasteiger partial charge is 0.483 e. The van der Waals surface area contributed by atoms with Gasteiger partial charge < -0.3 is 14.6 Å². The fourth-order valence-electron chi connectivity index (χ4n) is 2.72. The maximum Gasteiger partial charge on any atom is 0.274 e. The Balaban J connectivity index is 1.40. The van der Waals surface area contributed by atoms with Gasteiger partial charge in [-0.3, -0.25) is 14.9 Å². The average molecular weight is 378 g/mol. The number of rotatable bonds is 6. The SMILES string of the molecule is Cc1nc([C@H](C)NC(=O)c2cc(COc3cccc4cccnc34)on2)n[nH]1. The Morgan fingerprint density at radius 3 is 3.00 bits per heavy atom. The second-order valence-electron chi connectivity index (χ2n) is 6.27. The van der Waals surface area contributed by atoms with E-state index in [0.29, 0.717) is 23.2 Å². The molecule has 0 saturated heterocycles. The predicted molar refractivity (Wildman–Crippen MR) is 99.6 cm³/mol. The van der Waals surface area contributed by atoms with Crippen molar-refractivity contribution >= 4 is 16.8 Å². The lowest BCUT2D eigenvalue weighted by atomic mass is 10.2. The van der Waals surface area contributed by atoms with Crippen LogP contribution < -0.4 is 10.1 Å².